The maximum atomic E-state index is 9.79. The van der Waals surface area contributed by atoms with Gasteiger partial charge in [0.25, 0.3) is 0 Å². The molecule has 0 saturated carbocycles. The van der Waals surface area contributed by atoms with E-state index in [0.717, 1.165) is 6.42 Å². The molecule has 2 N–H and O–H groups in total. The van der Waals surface area contributed by atoms with Crippen molar-refractivity contribution < 1.29 is 9.84 Å². The summed E-state index contributed by atoms with van der Waals surface area (Å²) in [4.78, 5) is 0. The number of aliphatic hydroxyl groups excluding tert-OH is 1. The molecule has 16 heavy (non-hydrogen) atoms. The average molecular weight is 229 g/mol. The molecule has 1 saturated heterocycles. The minimum absolute atomic E-state index is 0.261. The Kier molecular flexibility index (Phi) is 5.22. The van der Waals surface area contributed by atoms with Crippen molar-refractivity contribution >= 4 is 0 Å². The Morgan fingerprint density at radius 1 is 1.25 bits per heavy atom. The fourth-order valence-electron chi connectivity index (χ4n) is 2.81. The van der Waals surface area contributed by atoms with Gasteiger partial charge in [0, 0.05) is 12.0 Å². The number of aliphatic hydroxyl groups is 1. The minimum atomic E-state index is -0.523. The summed E-state index contributed by atoms with van der Waals surface area (Å²) >= 11 is 0. The molecule has 1 heterocycles. The highest BCUT2D eigenvalue weighted by atomic mass is 16.5. The second kappa shape index (κ2) is 5.99. The van der Waals surface area contributed by atoms with Gasteiger partial charge in [0.2, 0.25) is 0 Å². The van der Waals surface area contributed by atoms with Crippen LogP contribution in [0.3, 0.4) is 0 Å². The van der Waals surface area contributed by atoms with Crippen molar-refractivity contribution in [2.75, 3.05) is 6.61 Å². The summed E-state index contributed by atoms with van der Waals surface area (Å²) < 4.78 is 5.81. The molecule has 0 bridgehead atoms. The predicted molar refractivity (Wildman–Crippen MR) is 66.1 cm³/mol. The van der Waals surface area contributed by atoms with Crippen LogP contribution in [-0.2, 0) is 4.74 Å². The molecule has 3 heteroatoms. The molecule has 1 fully saturated rings. The van der Waals surface area contributed by atoms with E-state index in [9.17, 15) is 5.11 Å². The molecule has 1 aliphatic rings. The number of nitrogens with one attached hydrogen (secondary N) is 1. The lowest BCUT2D eigenvalue weighted by atomic mass is 9.78. The summed E-state index contributed by atoms with van der Waals surface area (Å²) in [5, 5.41) is 13.1. The highest BCUT2D eigenvalue weighted by molar-refractivity contribution is 4.89. The molecular formula is C13H27NO2. The molecule has 1 rings (SSSR count). The largest absolute Gasteiger partial charge is 0.376 e. The third kappa shape index (κ3) is 3.19. The topological polar surface area (TPSA) is 41.5 Å². The molecule has 0 aromatic carbocycles. The number of hydrogen-bond acceptors (Lipinski definition) is 3. The van der Waals surface area contributed by atoms with E-state index in [1.54, 1.807) is 0 Å². The summed E-state index contributed by atoms with van der Waals surface area (Å²) in [5.41, 5.74) is 0. The predicted octanol–water partition coefficient (Wildman–Crippen LogP) is 2.00. The Labute approximate surface area is 99.6 Å². The van der Waals surface area contributed by atoms with Gasteiger partial charge in [-0.15, -0.1) is 0 Å². The van der Waals surface area contributed by atoms with Gasteiger partial charge in [0.1, 0.15) is 6.23 Å². The van der Waals surface area contributed by atoms with Crippen molar-refractivity contribution in [1.82, 2.24) is 5.32 Å². The van der Waals surface area contributed by atoms with Crippen molar-refractivity contribution in [1.29, 1.82) is 0 Å². The molecule has 0 radical (unpaired) electrons. The van der Waals surface area contributed by atoms with E-state index in [1.165, 1.54) is 0 Å². The van der Waals surface area contributed by atoms with Gasteiger partial charge >= 0.3 is 0 Å². The standard InChI is InChI=1S/C13H27NO2/c1-6-10-12(8(2)3)13(9(4)5)14-11(15)7-16-10/h8-15H,6-7H2,1-5H3. The van der Waals surface area contributed by atoms with E-state index >= 15 is 0 Å². The van der Waals surface area contributed by atoms with Gasteiger partial charge in [0.15, 0.2) is 0 Å². The first-order valence-corrected chi connectivity index (χ1v) is 6.53. The number of rotatable bonds is 3. The summed E-state index contributed by atoms with van der Waals surface area (Å²) in [6, 6.07) is 0.336. The van der Waals surface area contributed by atoms with Crippen LogP contribution in [0, 0.1) is 17.8 Å². The molecule has 0 aliphatic carbocycles. The summed E-state index contributed by atoms with van der Waals surface area (Å²) in [6.45, 7) is 11.5. The molecule has 0 spiro atoms. The highest BCUT2D eigenvalue weighted by Gasteiger charge is 2.37. The zero-order chi connectivity index (χ0) is 12.3. The maximum absolute atomic E-state index is 9.79. The molecule has 0 amide bonds. The van der Waals surface area contributed by atoms with Gasteiger partial charge in [-0.2, -0.15) is 0 Å². The molecule has 1 aliphatic heterocycles. The van der Waals surface area contributed by atoms with Gasteiger partial charge in [0.05, 0.1) is 12.7 Å². The van der Waals surface area contributed by atoms with Crippen LogP contribution in [0.4, 0.5) is 0 Å². The molecule has 3 nitrogen and oxygen atoms in total. The van der Waals surface area contributed by atoms with Gasteiger partial charge in [-0.05, 0) is 18.3 Å². The molecule has 4 unspecified atom stereocenters. The van der Waals surface area contributed by atoms with Crippen molar-refractivity contribution in [2.24, 2.45) is 17.8 Å². The first-order chi connectivity index (χ1) is 7.47. The van der Waals surface area contributed by atoms with Crippen LogP contribution in [0.2, 0.25) is 0 Å². The smallest absolute Gasteiger partial charge is 0.128 e. The van der Waals surface area contributed by atoms with Crippen LogP contribution < -0.4 is 5.32 Å². The SMILES string of the molecule is CCC1OCC(O)NC(C(C)C)C1C(C)C. The van der Waals surface area contributed by atoms with E-state index in [-0.39, 0.29) is 6.10 Å². The molecule has 0 aromatic rings. The Hall–Kier alpha value is -0.120. The first kappa shape index (κ1) is 13.9. The Bertz CT molecular complexity index is 206. The Morgan fingerprint density at radius 2 is 1.88 bits per heavy atom. The zero-order valence-corrected chi connectivity index (χ0v) is 11.2. The second-order valence-corrected chi connectivity index (χ2v) is 5.55. The Balaban J connectivity index is 2.88. The van der Waals surface area contributed by atoms with Crippen molar-refractivity contribution in [3.05, 3.63) is 0 Å². The quantitative estimate of drug-likeness (QED) is 0.778. The van der Waals surface area contributed by atoms with Gasteiger partial charge in [-0.1, -0.05) is 34.6 Å². The van der Waals surface area contributed by atoms with Gasteiger partial charge in [-0.25, -0.2) is 0 Å². The lowest BCUT2D eigenvalue weighted by Gasteiger charge is -2.36. The van der Waals surface area contributed by atoms with Crippen molar-refractivity contribution in [3.8, 4) is 0 Å². The van der Waals surface area contributed by atoms with Crippen LogP contribution in [0.25, 0.3) is 0 Å². The third-order valence-electron chi connectivity index (χ3n) is 3.59. The van der Waals surface area contributed by atoms with Crippen LogP contribution >= 0.6 is 0 Å². The van der Waals surface area contributed by atoms with Crippen LogP contribution in [0.15, 0.2) is 0 Å². The minimum Gasteiger partial charge on any atom is -0.376 e. The fourth-order valence-corrected chi connectivity index (χ4v) is 2.81. The van der Waals surface area contributed by atoms with E-state index in [0.29, 0.717) is 30.4 Å². The molecule has 96 valence electrons. The fraction of sp³-hybridized carbons (Fsp3) is 1.00. The number of ether oxygens (including phenoxy) is 1. The van der Waals surface area contributed by atoms with Crippen molar-refractivity contribution in [3.63, 3.8) is 0 Å². The number of hydrogen-bond donors (Lipinski definition) is 2. The first-order valence-electron chi connectivity index (χ1n) is 6.53. The van der Waals surface area contributed by atoms with E-state index < -0.39 is 6.23 Å². The zero-order valence-electron chi connectivity index (χ0n) is 11.2. The van der Waals surface area contributed by atoms with E-state index in [1.807, 2.05) is 0 Å². The molecular weight excluding hydrogens is 202 g/mol. The van der Waals surface area contributed by atoms with Gasteiger partial charge < -0.3 is 9.84 Å². The van der Waals surface area contributed by atoms with Crippen LogP contribution in [0.1, 0.15) is 41.0 Å². The second-order valence-electron chi connectivity index (χ2n) is 5.55. The lowest BCUT2D eigenvalue weighted by molar-refractivity contribution is -0.0257. The van der Waals surface area contributed by atoms with Crippen LogP contribution in [-0.4, -0.2) is 30.1 Å². The van der Waals surface area contributed by atoms with Crippen LogP contribution in [0.5, 0.6) is 0 Å². The Morgan fingerprint density at radius 3 is 2.31 bits per heavy atom. The monoisotopic (exact) mass is 229 g/mol. The molecule has 4 atom stereocenters. The van der Waals surface area contributed by atoms with Gasteiger partial charge in [-0.3, -0.25) is 5.32 Å². The summed E-state index contributed by atoms with van der Waals surface area (Å²) in [5.74, 6) is 1.55. The van der Waals surface area contributed by atoms with Crippen molar-refractivity contribution in [2.45, 2.75) is 59.4 Å². The summed E-state index contributed by atoms with van der Waals surface area (Å²) in [7, 11) is 0. The lowest BCUT2D eigenvalue weighted by Crippen LogP contribution is -2.48. The maximum Gasteiger partial charge on any atom is 0.128 e. The summed E-state index contributed by atoms with van der Waals surface area (Å²) in [6.07, 6.45) is 0.753. The normalized spacial score (nSPS) is 36.8. The highest BCUT2D eigenvalue weighted by Crippen LogP contribution is 2.30. The van der Waals surface area contributed by atoms with E-state index in [2.05, 4.69) is 39.9 Å². The molecule has 0 aromatic heterocycles. The third-order valence-corrected chi connectivity index (χ3v) is 3.59. The van der Waals surface area contributed by atoms with E-state index in [4.69, 9.17) is 4.74 Å². The average Bonchev–Trinajstić information content (AvgIpc) is 2.36.